The van der Waals surface area contributed by atoms with Crippen molar-refractivity contribution in [2.75, 3.05) is 6.61 Å². The minimum absolute atomic E-state index is 0.148. The van der Waals surface area contributed by atoms with Crippen molar-refractivity contribution in [2.24, 2.45) is 5.92 Å². The maximum absolute atomic E-state index is 11.5. The Kier molecular flexibility index (Phi) is 2.52. The van der Waals surface area contributed by atoms with E-state index in [9.17, 15) is 4.79 Å². The summed E-state index contributed by atoms with van der Waals surface area (Å²) in [5, 5.41) is 0. The predicted octanol–water partition coefficient (Wildman–Crippen LogP) is 1.90. The maximum Gasteiger partial charge on any atom is 0.338 e. The third kappa shape index (κ3) is 1.44. The monoisotopic (exact) mass is 198 g/mol. The van der Waals surface area contributed by atoms with Crippen LogP contribution in [-0.2, 0) is 14.3 Å². The van der Waals surface area contributed by atoms with Crippen LogP contribution in [0.4, 0.5) is 0 Å². The average Bonchev–Trinajstić information content (AvgIpc) is 2.87. The van der Waals surface area contributed by atoms with Crippen molar-refractivity contribution in [1.82, 2.24) is 0 Å². The van der Waals surface area contributed by atoms with Crippen molar-refractivity contribution in [3.05, 3.63) is 0 Å². The van der Waals surface area contributed by atoms with E-state index in [-0.39, 0.29) is 17.7 Å². The zero-order chi connectivity index (χ0) is 10.2. The van der Waals surface area contributed by atoms with E-state index >= 15 is 0 Å². The number of rotatable bonds is 2. The van der Waals surface area contributed by atoms with Crippen LogP contribution >= 0.6 is 0 Å². The SMILES string of the molecule is CCOC(=O)C1OC12CCCCC2C. The van der Waals surface area contributed by atoms with Crippen LogP contribution in [0.3, 0.4) is 0 Å². The lowest BCUT2D eigenvalue weighted by Gasteiger charge is -2.25. The topological polar surface area (TPSA) is 38.8 Å². The first kappa shape index (κ1) is 9.97. The fourth-order valence-corrected chi connectivity index (χ4v) is 2.56. The fourth-order valence-electron chi connectivity index (χ4n) is 2.56. The Morgan fingerprint density at radius 2 is 2.36 bits per heavy atom. The van der Waals surface area contributed by atoms with Crippen molar-refractivity contribution in [1.29, 1.82) is 0 Å². The summed E-state index contributed by atoms with van der Waals surface area (Å²) in [6, 6.07) is 0. The van der Waals surface area contributed by atoms with Crippen LogP contribution in [0.1, 0.15) is 39.5 Å². The molecule has 3 atom stereocenters. The standard InChI is InChI=1S/C11H18O3/c1-3-13-10(12)9-11(14-9)7-5-4-6-8(11)2/h8-9H,3-7H2,1-2H3. The first-order valence-electron chi connectivity index (χ1n) is 5.55. The first-order valence-corrected chi connectivity index (χ1v) is 5.55. The van der Waals surface area contributed by atoms with Gasteiger partial charge in [0.15, 0.2) is 6.10 Å². The number of carbonyl (C=O) groups excluding carboxylic acids is 1. The molecule has 1 saturated heterocycles. The molecular formula is C11H18O3. The number of hydrogen-bond donors (Lipinski definition) is 0. The van der Waals surface area contributed by atoms with Gasteiger partial charge in [-0.05, 0) is 25.7 Å². The van der Waals surface area contributed by atoms with Crippen LogP contribution in [0, 0.1) is 5.92 Å². The van der Waals surface area contributed by atoms with E-state index in [0.29, 0.717) is 12.5 Å². The minimum atomic E-state index is -0.266. The van der Waals surface area contributed by atoms with E-state index in [1.165, 1.54) is 19.3 Å². The second kappa shape index (κ2) is 3.54. The van der Waals surface area contributed by atoms with Gasteiger partial charge in [0.05, 0.1) is 6.61 Å². The highest BCUT2D eigenvalue weighted by Gasteiger charge is 2.64. The largest absolute Gasteiger partial charge is 0.464 e. The normalized spacial score (nSPS) is 41.0. The van der Waals surface area contributed by atoms with Crippen molar-refractivity contribution in [3.63, 3.8) is 0 Å². The van der Waals surface area contributed by atoms with Gasteiger partial charge in [0.2, 0.25) is 0 Å². The van der Waals surface area contributed by atoms with Crippen LogP contribution in [0.2, 0.25) is 0 Å². The number of epoxide rings is 1. The smallest absolute Gasteiger partial charge is 0.338 e. The molecule has 3 heteroatoms. The van der Waals surface area contributed by atoms with Gasteiger partial charge in [0.1, 0.15) is 5.60 Å². The molecule has 1 aliphatic carbocycles. The van der Waals surface area contributed by atoms with Crippen molar-refractivity contribution in [2.45, 2.75) is 51.2 Å². The Morgan fingerprint density at radius 3 is 3.00 bits per heavy atom. The molecule has 3 unspecified atom stereocenters. The summed E-state index contributed by atoms with van der Waals surface area (Å²) in [5.74, 6) is 0.340. The Balaban J connectivity index is 1.97. The summed E-state index contributed by atoms with van der Waals surface area (Å²) < 4.78 is 10.6. The molecule has 0 amide bonds. The lowest BCUT2D eigenvalue weighted by Crippen LogP contribution is -2.32. The molecule has 0 aromatic carbocycles. The van der Waals surface area contributed by atoms with Crippen molar-refractivity contribution >= 4 is 5.97 Å². The van der Waals surface area contributed by atoms with Crippen LogP contribution in [0.15, 0.2) is 0 Å². The van der Waals surface area contributed by atoms with Crippen LogP contribution in [0.25, 0.3) is 0 Å². The zero-order valence-corrected chi connectivity index (χ0v) is 8.91. The molecule has 1 aliphatic heterocycles. The molecular weight excluding hydrogens is 180 g/mol. The summed E-state index contributed by atoms with van der Waals surface area (Å²) >= 11 is 0. The Hall–Kier alpha value is -0.570. The van der Waals surface area contributed by atoms with E-state index in [0.717, 1.165) is 6.42 Å². The zero-order valence-electron chi connectivity index (χ0n) is 8.91. The molecule has 0 bridgehead atoms. The van der Waals surface area contributed by atoms with Gasteiger partial charge < -0.3 is 9.47 Å². The molecule has 0 N–H and O–H groups in total. The minimum Gasteiger partial charge on any atom is -0.464 e. The van der Waals surface area contributed by atoms with E-state index in [4.69, 9.17) is 9.47 Å². The molecule has 0 aromatic heterocycles. The highest BCUT2D eigenvalue weighted by molar-refractivity contribution is 5.79. The Morgan fingerprint density at radius 1 is 1.57 bits per heavy atom. The van der Waals surface area contributed by atoms with Gasteiger partial charge in [-0.3, -0.25) is 0 Å². The summed E-state index contributed by atoms with van der Waals surface area (Å²) in [5.41, 5.74) is -0.148. The summed E-state index contributed by atoms with van der Waals surface area (Å²) in [7, 11) is 0. The van der Waals surface area contributed by atoms with Crippen LogP contribution in [0.5, 0.6) is 0 Å². The molecule has 0 aromatic rings. The third-order valence-electron chi connectivity index (χ3n) is 3.51. The molecule has 1 heterocycles. The molecule has 0 radical (unpaired) electrons. The van der Waals surface area contributed by atoms with Crippen molar-refractivity contribution in [3.8, 4) is 0 Å². The molecule has 2 aliphatic rings. The van der Waals surface area contributed by atoms with Gasteiger partial charge >= 0.3 is 5.97 Å². The number of hydrogen-bond acceptors (Lipinski definition) is 3. The van der Waals surface area contributed by atoms with Gasteiger partial charge in [0, 0.05) is 0 Å². The predicted molar refractivity (Wildman–Crippen MR) is 51.9 cm³/mol. The second-order valence-electron chi connectivity index (χ2n) is 4.35. The molecule has 2 rings (SSSR count). The average molecular weight is 198 g/mol. The highest BCUT2D eigenvalue weighted by Crippen LogP contribution is 2.51. The Labute approximate surface area is 84.8 Å². The van der Waals surface area contributed by atoms with Gasteiger partial charge in [-0.25, -0.2) is 4.79 Å². The quantitative estimate of drug-likeness (QED) is 0.502. The third-order valence-corrected chi connectivity index (χ3v) is 3.51. The molecule has 2 fully saturated rings. The molecule has 3 nitrogen and oxygen atoms in total. The van der Waals surface area contributed by atoms with Gasteiger partial charge in [0.25, 0.3) is 0 Å². The first-order chi connectivity index (χ1) is 6.70. The van der Waals surface area contributed by atoms with Gasteiger partial charge in [-0.15, -0.1) is 0 Å². The van der Waals surface area contributed by atoms with E-state index in [2.05, 4.69) is 6.92 Å². The summed E-state index contributed by atoms with van der Waals surface area (Å²) in [4.78, 5) is 11.5. The van der Waals surface area contributed by atoms with E-state index in [1.807, 2.05) is 6.92 Å². The fraction of sp³-hybridized carbons (Fsp3) is 0.909. The van der Waals surface area contributed by atoms with Crippen LogP contribution in [-0.4, -0.2) is 24.3 Å². The molecule has 80 valence electrons. The van der Waals surface area contributed by atoms with E-state index in [1.54, 1.807) is 0 Å². The summed E-state index contributed by atoms with van der Waals surface area (Å²) in [6.07, 6.45) is 4.38. The molecule has 1 spiro atoms. The number of ether oxygens (including phenoxy) is 2. The lowest BCUT2D eigenvalue weighted by molar-refractivity contribution is -0.144. The second-order valence-corrected chi connectivity index (χ2v) is 4.35. The van der Waals surface area contributed by atoms with Crippen LogP contribution < -0.4 is 0 Å². The number of carbonyl (C=O) groups is 1. The molecule has 1 saturated carbocycles. The maximum atomic E-state index is 11.5. The summed E-state index contributed by atoms with van der Waals surface area (Å²) in [6.45, 7) is 4.46. The molecule has 14 heavy (non-hydrogen) atoms. The lowest BCUT2D eigenvalue weighted by atomic mass is 9.78. The van der Waals surface area contributed by atoms with Gasteiger partial charge in [-0.1, -0.05) is 19.8 Å². The van der Waals surface area contributed by atoms with Crippen molar-refractivity contribution < 1.29 is 14.3 Å². The van der Waals surface area contributed by atoms with E-state index < -0.39 is 0 Å². The Bertz CT molecular complexity index is 239. The highest BCUT2D eigenvalue weighted by atomic mass is 16.7. The number of esters is 1. The van der Waals surface area contributed by atoms with Gasteiger partial charge in [-0.2, -0.15) is 0 Å².